The van der Waals surface area contributed by atoms with Gasteiger partial charge in [0.1, 0.15) is 24.3 Å². The second kappa shape index (κ2) is 4.84. The summed E-state index contributed by atoms with van der Waals surface area (Å²) in [5.74, 6) is 0.225. The summed E-state index contributed by atoms with van der Waals surface area (Å²) in [6, 6.07) is 4.37. The van der Waals surface area contributed by atoms with Crippen LogP contribution in [0.4, 0.5) is 4.39 Å². The average Bonchev–Trinajstić information content (AvgIpc) is 2.40. The van der Waals surface area contributed by atoms with E-state index in [1.807, 2.05) is 0 Å². The highest BCUT2D eigenvalue weighted by molar-refractivity contribution is 5.39. The van der Waals surface area contributed by atoms with Crippen molar-refractivity contribution >= 4 is 0 Å². The SMILES string of the molecule is OC1COc2cc(F)ccc2C1N1CCOCC1. The normalized spacial score (nSPS) is 28.6. The third kappa shape index (κ3) is 2.09. The van der Waals surface area contributed by atoms with Crippen LogP contribution >= 0.6 is 0 Å². The van der Waals surface area contributed by atoms with Gasteiger partial charge >= 0.3 is 0 Å². The Bertz CT molecular complexity index is 434. The molecule has 3 rings (SSSR count). The van der Waals surface area contributed by atoms with E-state index in [1.165, 1.54) is 12.1 Å². The number of halogens is 1. The Hall–Kier alpha value is -1.17. The Labute approximate surface area is 105 Å². The zero-order chi connectivity index (χ0) is 12.5. The Kier molecular flexibility index (Phi) is 3.20. The van der Waals surface area contributed by atoms with E-state index >= 15 is 0 Å². The van der Waals surface area contributed by atoms with Gasteiger partial charge in [-0.3, -0.25) is 4.90 Å². The molecule has 5 heteroatoms. The molecule has 0 bridgehead atoms. The van der Waals surface area contributed by atoms with Gasteiger partial charge in [-0.15, -0.1) is 0 Å². The van der Waals surface area contributed by atoms with Crippen molar-refractivity contribution in [1.29, 1.82) is 0 Å². The highest BCUT2D eigenvalue weighted by Crippen LogP contribution is 2.36. The second-order valence-corrected chi connectivity index (χ2v) is 4.65. The third-order valence-electron chi connectivity index (χ3n) is 3.51. The van der Waals surface area contributed by atoms with Gasteiger partial charge in [-0.05, 0) is 6.07 Å². The van der Waals surface area contributed by atoms with E-state index in [4.69, 9.17) is 9.47 Å². The van der Waals surface area contributed by atoms with Crippen molar-refractivity contribution in [2.45, 2.75) is 12.1 Å². The van der Waals surface area contributed by atoms with E-state index in [2.05, 4.69) is 4.90 Å². The van der Waals surface area contributed by atoms with Crippen molar-refractivity contribution in [2.75, 3.05) is 32.9 Å². The van der Waals surface area contributed by atoms with Gasteiger partial charge < -0.3 is 14.6 Å². The molecule has 4 nitrogen and oxygen atoms in total. The lowest BCUT2D eigenvalue weighted by Crippen LogP contribution is -2.47. The van der Waals surface area contributed by atoms with E-state index in [0.29, 0.717) is 19.0 Å². The molecule has 1 aromatic rings. The van der Waals surface area contributed by atoms with Crippen LogP contribution in [0.5, 0.6) is 5.75 Å². The summed E-state index contributed by atoms with van der Waals surface area (Å²) in [6.07, 6.45) is -0.582. The molecular formula is C13H16FNO3. The number of fused-ring (bicyclic) bond motifs is 1. The van der Waals surface area contributed by atoms with E-state index in [9.17, 15) is 9.50 Å². The number of hydrogen-bond acceptors (Lipinski definition) is 4. The number of hydrogen-bond donors (Lipinski definition) is 1. The quantitative estimate of drug-likeness (QED) is 0.809. The molecule has 2 unspecified atom stereocenters. The first kappa shape index (κ1) is 11.9. The fraction of sp³-hybridized carbons (Fsp3) is 0.538. The van der Waals surface area contributed by atoms with Gasteiger partial charge in [0.15, 0.2) is 0 Å². The molecule has 1 aromatic carbocycles. The van der Waals surface area contributed by atoms with Crippen LogP contribution in [0.1, 0.15) is 11.6 Å². The monoisotopic (exact) mass is 253 g/mol. The molecule has 0 spiro atoms. The van der Waals surface area contributed by atoms with Crippen LogP contribution < -0.4 is 4.74 Å². The van der Waals surface area contributed by atoms with Crippen LogP contribution in [0.15, 0.2) is 18.2 Å². The Morgan fingerprint density at radius 1 is 1.28 bits per heavy atom. The molecule has 2 atom stereocenters. The van der Waals surface area contributed by atoms with Gasteiger partial charge in [0.2, 0.25) is 0 Å². The molecule has 1 fully saturated rings. The van der Waals surface area contributed by atoms with Crippen molar-refractivity contribution in [3.8, 4) is 5.75 Å². The molecule has 1 saturated heterocycles. The van der Waals surface area contributed by atoms with Crippen molar-refractivity contribution in [2.24, 2.45) is 0 Å². The maximum absolute atomic E-state index is 13.2. The average molecular weight is 253 g/mol. The van der Waals surface area contributed by atoms with E-state index in [-0.39, 0.29) is 18.5 Å². The van der Waals surface area contributed by atoms with Crippen LogP contribution in [0.2, 0.25) is 0 Å². The smallest absolute Gasteiger partial charge is 0.127 e. The van der Waals surface area contributed by atoms with E-state index in [1.54, 1.807) is 6.07 Å². The lowest BCUT2D eigenvalue weighted by Gasteiger charge is -2.40. The largest absolute Gasteiger partial charge is 0.490 e. The molecule has 0 aromatic heterocycles. The fourth-order valence-electron chi connectivity index (χ4n) is 2.65. The van der Waals surface area contributed by atoms with Gasteiger partial charge in [-0.1, -0.05) is 6.07 Å². The predicted octanol–water partition coefficient (Wildman–Crippen LogP) is 0.952. The molecular weight excluding hydrogens is 237 g/mol. The number of ether oxygens (including phenoxy) is 2. The van der Waals surface area contributed by atoms with Crippen LogP contribution in [0.25, 0.3) is 0 Å². The first-order valence-electron chi connectivity index (χ1n) is 6.18. The standard InChI is InChI=1S/C13H16FNO3/c14-9-1-2-10-12(7-9)18-8-11(16)13(10)15-3-5-17-6-4-15/h1-2,7,11,13,16H,3-6,8H2. The van der Waals surface area contributed by atoms with Crippen molar-refractivity contribution < 1.29 is 19.0 Å². The lowest BCUT2D eigenvalue weighted by molar-refractivity contribution is -0.0444. The summed E-state index contributed by atoms with van der Waals surface area (Å²) >= 11 is 0. The minimum absolute atomic E-state index is 0.127. The van der Waals surface area contributed by atoms with E-state index < -0.39 is 6.10 Å². The molecule has 2 aliphatic heterocycles. The van der Waals surface area contributed by atoms with Crippen molar-refractivity contribution in [3.05, 3.63) is 29.6 Å². The first-order valence-corrected chi connectivity index (χ1v) is 6.18. The molecule has 2 aliphatic rings. The summed E-state index contributed by atoms with van der Waals surface area (Å²) in [5.41, 5.74) is 0.858. The zero-order valence-electron chi connectivity index (χ0n) is 10.0. The van der Waals surface area contributed by atoms with Gasteiger partial charge in [0.05, 0.1) is 19.3 Å². The molecule has 2 heterocycles. The lowest BCUT2D eigenvalue weighted by atomic mass is 9.96. The topological polar surface area (TPSA) is 41.9 Å². The summed E-state index contributed by atoms with van der Waals surface area (Å²) < 4.78 is 23.9. The molecule has 0 amide bonds. The molecule has 98 valence electrons. The number of aliphatic hydroxyl groups is 1. The van der Waals surface area contributed by atoms with Crippen LogP contribution in [-0.2, 0) is 4.74 Å². The summed E-state index contributed by atoms with van der Waals surface area (Å²) in [5, 5.41) is 10.1. The van der Waals surface area contributed by atoms with Gasteiger partial charge in [-0.2, -0.15) is 0 Å². The molecule has 0 aliphatic carbocycles. The molecule has 0 saturated carbocycles. The Morgan fingerprint density at radius 2 is 2.06 bits per heavy atom. The first-order chi connectivity index (χ1) is 8.75. The van der Waals surface area contributed by atoms with Crippen LogP contribution in [-0.4, -0.2) is 49.0 Å². The van der Waals surface area contributed by atoms with Crippen LogP contribution in [0, 0.1) is 5.82 Å². The van der Waals surface area contributed by atoms with Gasteiger partial charge in [0, 0.05) is 24.7 Å². The van der Waals surface area contributed by atoms with Gasteiger partial charge in [-0.25, -0.2) is 4.39 Å². The summed E-state index contributed by atoms with van der Waals surface area (Å²) in [6.45, 7) is 3.09. The minimum atomic E-state index is -0.582. The molecule has 0 radical (unpaired) electrons. The van der Waals surface area contributed by atoms with Crippen LogP contribution in [0.3, 0.4) is 0 Å². The van der Waals surface area contributed by atoms with Crippen molar-refractivity contribution in [1.82, 2.24) is 4.90 Å². The highest BCUT2D eigenvalue weighted by Gasteiger charge is 2.35. The number of rotatable bonds is 1. The van der Waals surface area contributed by atoms with Gasteiger partial charge in [0.25, 0.3) is 0 Å². The Morgan fingerprint density at radius 3 is 2.83 bits per heavy atom. The second-order valence-electron chi connectivity index (χ2n) is 4.65. The summed E-state index contributed by atoms with van der Waals surface area (Å²) in [7, 11) is 0. The fourth-order valence-corrected chi connectivity index (χ4v) is 2.65. The maximum Gasteiger partial charge on any atom is 0.127 e. The maximum atomic E-state index is 13.2. The minimum Gasteiger partial charge on any atom is -0.490 e. The highest BCUT2D eigenvalue weighted by atomic mass is 19.1. The number of morpholine rings is 1. The number of benzene rings is 1. The number of nitrogens with zero attached hydrogens (tertiary/aromatic N) is 1. The third-order valence-corrected chi connectivity index (χ3v) is 3.51. The molecule has 1 N–H and O–H groups in total. The van der Waals surface area contributed by atoms with E-state index in [0.717, 1.165) is 18.7 Å². The van der Waals surface area contributed by atoms with Crippen molar-refractivity contribution in [3.63, 3.8) is 0 Å². The molecule has 18 heavy (non-hydrogen) atoms. The zero-order valence-corrected chi connectivity index (χ0v) is 10.0. The predicted molar refractivity (Wildman–Crippen MR) is 63.0 cm³/mol. The number of aliphatic hydroxyl groups excluding tert-OH is 1. The Balaban J connectivity index is 1.93. The summed E-state index contributed by atoms with van der Waals surface area (Å²) in [4.78, 5) is 2.17.